The summed E-state index contributed by atoms with van der Waals surface area (Å²) in [6, 6.07) is 21.5. The summed E-state index contributed by atoms with van der Waals surface area (Å²) in [6.07, 6.45) is 0.405. The fraction of sp³-hybridized carbons (Fsp3) is 0.0870. The number of aliphatic carboxylic acids is 1. The van der Waals surface area contributed by atoms with Gasteiger partial charge in [0.15, 0.2) is 0 Å². The van der Waals surface area contributed by atoms with Gasteiger partial charge in [-0.15, -0.1) is 0 Å². The lowest BCUT2D eigenvalue weighted by molar-refractivity contribution is -0.136. The topological polar surface area (TPSA) is 116 Å². The lowest BCUT2D eigenvalue weighted by Crippen LogP contribution is -2.14. The largest absolute Gasteiger partial charge is 0.481 e. The van der Waals surface area contributed by atoms with Crippen molar-refractivity contribution in [3.05, 3.63) is 89.5 Å². The summed E-state index contributed by atoms with van der Waals surface area (Å²) >= 11 is 0. The molecule has 0 radical (unpaired) electrons. The Bertz CT molecular complexity index is 1060. The van der Waals surface area contributed by atoms with Crippen molar-refractivity contribution < 1.29 is 14.7 Å². The predicted molar refractivity (Wildman–Crippen MR) is 113 cm³/mol. The molecule has 0 fully saturated rings. The van der Waals surface area contributed by atoms with Gasteiger partial charge in [0, 0.05) is 23.2 Å². The zero-order valence-corrected chi connectivity index (χ0v) is 15.7. The number of anilines is 1. The first-order valence-electron chi connectivity index (χ1n) is 9.10. The van der Waals surface area contributed by atoms with Crippen LogP contribution in [0.3, 0.4) is 0 Å². The van der Waals surface area contributed by atoms with Gasteiger partial charge in [0.25, 0.3) is 5.91 Å². The molecule has 0 unspecified atom stereocenters. The molecule has 3 aromatic rings. The molecule has 0 aromatic heterocycles. The summed E-state index contributed by atoms with van der Waals surface area (Å²) in [6.45, 7) is 0. The van der Waals surface area contributed by atoms with Crippen LogP contribution in [0.25, 0.3) is 11.1 Å². The van der Waals surface area contributed by atoms with Gasteiger partial charge < -0.3 is 16.2 Å². The third kappa shape index (κ3) is 4.87. The van der Waals surface area contributed by atoms with Crippen molar-refractivity contribution in [3.8, 4) is 11.1 Å². The van der Waals surface area contributed by atoms with Gasteiger partial charge in [-0.2, -0.15) is 0 Å². The van der Waals surface area contributed by atoms with Gasteiger partial charge in [-0.3, -0.25) is 15.0 Å². The Hall–Kier alpha value is -3.93. The molecule has 5 N–H and O–H groups in total. The molecule has 146 valence electrons. The average molecular weight is 387 g/mol. The SMILES string of the molecule is N=C(N)c1ccc(NC(=O)c2ccccc2-c2ccccc2CCC(=O)O)cc1. The first-order valence-corrected chi connectivity index (χ1v) is 9.10. The number of carbonyl (C=O) groups is 2. The molecule has 29 heavy (non-hydrogen) atoms. The van der Waals surface area contributed by atoms with Crippen LogP contribution in [-0.4, -0.2) is 22.8 Å². The van der Waals surface area contributed by atoms with E-state index in [1.54, 1.807) is 36.4 Å². The summed E-state index contributed by atoms with van der Waals surface area (Å²) in [4.78, 5) is 23.9. The van der Waals surface area contributed by atoms with Crippen LogP contribution in [0, 0.1) is 5.41 Å². The molecule has 0 aliphatic heterocycles. The van der Waals surface area contributed by atoms with Gasteiger partial charge in [-0.1, -0.05) is 42.5 Å². The number of hydrogen-bond acceptors (Lipinski definition) is 3. The van der Waals surface area contributed by atoms with Crippen LogP contribution in [-0.2, 0) is 11.2 Å². The lowest BCUT2D eigenvalue weighted by atomic mass is 9.93. The van der Waals surface area contributed by atoms with Gasteiger partial charge in [-0.25, -0.2) is 0 Å². The van der Waals surface area contributed by atoms with Gasteiger partial charge in [-0.05, 0) is 53.4 Å². The number of rotatable bonds is 7. The van der Waals surface area contributed by atoms with Crippen LogP contribution in [0.4, 0.5) is 5.69 Å². The molecule has 6 heteroatoms. The molecule has 0 atom stereocenters. The third-order valence-electron chi connectivity index (χ3n) is 4.54. The van der Waals surface area contributed by atoms with Crippen molar-refractivity contribution in [2.24, 2.45) is 5.73 Å². The standard InChI is InChI=1S/C23H21N3O3/c24-22(25)16-9-12-17(13-10-16)26-23(29)20-8-4-3-7-19(20)18-6-2-1-5-15(18)11-14-21(27)28/h1-10,12-13H,11,14H2,(H3,24,25)(H,26,29)(H,27,28). The number of aryl methyl sites for hydroxylation is 1. The second-order valence-electron chi connectivity index (χ2n) is 6.54. The zero-order chi connectivity index (χ0) is 20.8. The number of nitrogens with one attached hydrogen (secondary N) is 2. The van der Waals surface area contributed by atoms with E-state index in [9.17, 15) is 9.59 Å². The van der Waals surface area contributed by atoms with Crippen molar-refractivity contribution in [1.82, 2.24) is 0 Å². The smallest absolute Gasteiger partial charge is 0.303 e. The lowest BCUT2D eigenvalue weighted by Gasteiger charge is -2.14. The third-order valence-corrected chi connectivity index (χ3v) is 4.54. The molecular weight excluding hydrogens is 366 g/mol. The Kier molecular flexibility index (Phi) is 6.04. The van der Waals surface area contributed by atoms with E-state index in [0.29, 0.717) is 23.2 Å². The quantitative estimate of drug-likeness (QED) is 0.363. The first kappa shape index (κ1) is 19.8. The minimum absolute atomic E-state index is 0.0217. The highest BCUT2D eigenvalue weighted by atomic mass is 16.4. The van der Waals surface area contributed by atoms with Crippen molar-refractivity contribution in [2.45, 2.75) is 12.8 Å². The monoisotopic (exact) mass is 387 g/mol. The number of hydrogen-bond donors (Lipinski definition) is 4. The molecule has 3 aromatic carbocycles. The Morgan fingerprint density at radius 3 is 2.17 bits per heavy atom. The van der Waals surface area contributed by atoms with Crippen molar-refractivity contribution in [1.29, 1.82) is 5.41 Å². The van der Waals surface area contributed by atoms with E-state index in [1.807, 2.05) is 36.4 Å². The van der Waals surface area contributed by atoms with Crippen molar-refractivity contribution >= 4 is 23.4 Å². The van der Waals surface area contributed by atoms with Crippen LogP contribution in [0.2, 0.25) is 0 Å². The maximum absolute atomic E-state index is 12.9. The summed E-state index contributed by atoms with van der Waals surface area (Å²) in [5, 5.41) is 19.3. The average Bonchev–Trinajstić information content (AvgIpc) is 2.73. The summed E-state index contributed by atoms with van der Waals surface area (Å²) < 4.78 is 0. The van der Waals surface area contributed by atoms with Crippen LogP contribution >= 0.6 is 0 Å². The van der Waals surface area contributed by atoms with Crippen molar-refractivity contribution in [2.75, 3.05) is 5.32 Å². The molecule has 1 amide bonds. The van der Waals surface area contributed by atoms with Crippen LogP contribution < -0.4 is 11.1 Å². The highest BCUT2D eigenvalue weighted by Gasteiger charge is 2.15. The second kappa shape index (κ2) is 8.84. The molecule has 0 aliphatic rings. The highest BCUT2D eigenvalue weighted by Crippen LogP contribution is 2.28. The number of nitrogen functional groups attached to an aromatic ring is 1. The number of amides is 1. The molecule has 6 nitrogen and oxygen atoms in total. The predicted octanol–water partition coefficient (Wildman–Crippen LogP) is 3.91. The minimum Gasteiger partial charge on any atom is -0.481 e. The van der Waals surface area contributed by atoms with Crippen molar-refractivity contribution in [3.63, 3.8) is 0 Å². The maximum Gasteiger partial charge on any atom is 0.303 e. The number of amidine groups is 1. The Labute approximate surface area is 168 Å². The Balaban J connectivity index is 1.90. The summed E-state index contributed by atoms with van der Waals surface area (Å²) in [5.41, 5.74) is 9.58. The summed E-state index contributed by atoms with van der Waals surface area (Å²) in [7, 11) is 0. The Morgan fingerprint density at radius 2 is 1.52 bits per heavy atom. The maximum atomic E-state index is 12.9. The normalized spacial score (nSPS) is 10.3. The zero-order valence-electron chi connectivity index (χ0n) is 15.7. The highest BCUT2D eigenvalue weighted by molar-refractivity contribution is 6.09. The minimum atomic E-state index is -0.861. The number of nitrogens with two attached hydrogens (primary N) is 1. The molecule has 0 spiro atoms. The van der Waals surface area contributed by atoms with E-state index in [4.69, 9.17) is 16.2 Å². The molecule has 0 aliphatic carbocycles. The number of carboxylic acids is 1. The molecule has 0 heterocycles. The van der Waals surface area contributed by atoms with Crippen LogP contribution in [0.1, 0.15) is 27.9 Å². The van der Waals surface area contributed by atoms with E-state index in [-0.39, 0.29) is 18.2 Å². The van der Waals surface area contributed by atoms with E-state index in [1.165, 1.54) is 0 Å². The van der Waals surface area contributed by atoms with Gasteiger partial charge >= 0.3 is 5.97 Å². The van der Waals surface area contributed by atoms with Gasteiger partial charge in [0.2, 0.25) is 0 Å². The Morgan fingerprint density at radius 1 is 0.897 bits per heavy atom. The second-order valence-corrected chi connectivity index (χ2v) is 6.54. The number of carboxylic acid groups (broad SMARTS) is 1. The fourth-order valence-corrected chi connectivity index (χ4v) is 3.09. The fourth-order valence-electron chi connectivity index (χ4n) is 3.09. The molecule has 0 bridgehead atoms. The molecule has 0 saturated carbocycles. The van der Waals surface area contributed by atoms with Crippen LogP contribution in [0.15, 0.2) is 72.8 Å². The van der Waals surface area contributed by atoms with Gasteiger partial charge in [0.05, 0.1) is 0 Å². The molecular formula is C23H21N3O3. The molecule has 0 saturated heterocycles. The summed E-state index contributed by atoms with van der Waals surface area (Å²) in [5.74, 6) is -1.17. The van der Waals surface area contributed by atoms with Crippen LogP contribution in [0.5, 0.6) is 0 Å². The first-order chi connectivity index (χ1) is 14.0. The van der Waals surface area contributed by atoms with E-state index < -0.39 is 5.97 Å². The molecule has 3 rings (SSSR count). The number of benzene rings is 3. The number of carbonyl (C=O) groups excluding carboxylic acids is 1. The van der Waals surface area contributed by atoms with E-state index >= 15 is 0 Å². The van der Waals surface area contributed by atoms with Gasteiger partial charge in [0.1, 0.15) is 5.84 Å². The van der Waals surface area contributed by atoms with E-state index in [2.05, 4.69) is 5.32 Å². The van der Waals surface area contributed by atoms with E-state index in [0.717, 1.165) is 16.7 Å².